The van der Waals surface area contributed by atoms with Crippen molar-refractivity contribution in [3.63, 3.8) is 0 Å². The zero-order valence-corrected chi connectivity index (χ0v) is 10.1. The van der Waals surface area contributed by atoms with Gasteiger partial charge in [0.15, 0.2) is 0 Å². The van der Waals surface area contributed by atoms with Gasteiger partial charge in [-0.2, -0.15) is 0 Å². The zero-order valence-electron chi connectivity index (χ0n) is 10.1. The van der Waals surface area contributed by atoms with Gasteiger partial charge in [-0.25, -0.2) is 0 Å². The first-order valence-corrected chi connectivity index (χ1v) is 5.52. The molecule has 0 saturated heterocycles. The molecule has 0 aromatic heterocycles. The molecule has 3 nitrogen and oxygen atoms in total. The highest BCUT2D eigenvalue weighted by Gasteiger charge is 2.17. The molecule has 0 radical (unpaired) electrons. The van der Waals surface area contributed by atoms with Crippen molar-refractivity contribution in [3.8, 4) is 0 Å². The average Bonchev–Trinajstić information content (AvgIpc) is 2.29. The lowest BCUT2D eigenvalue weighted by Gasteiger charge is -2.17. The van der Waals surface area contributed by atoms with Crippen LogP contribution in [0.15, 0.2) is 18.2 Å². The van der Waals surface area contributed by atoms with E-state index in [0.29, 0.717) is 6.42 Å². The predicted octanol–water partition coefficient (Wildman–Crippen LogP) is 2.63. The number of benzene rings is 1. The van der Waals surface area contributed by atoms with Gasteiger partial charge in [-0.05, 0) is 36.5 Å². The van der Waals surface area contributed by atoms with Crippen LogP contribution in [0.5, 0.6) is 0 Å². The smallest absolute Gasteiger partial charge is 0.306 e. The van der Waals surface area contributed by atoms with Crippen LogP contribution in [0, 0.1) is 6.92 Å². The Morgan fingerprint density at radius 2 is 2.19 bits per heavy atom. The number of carbonyl (C=O) groups excluding carboxylic acids is 1. The Morgan fingerprint density at radius 3 is 2.75 bits per heavy atom. The van der Waals surface area contributed by atoms with Crippen LogP contribution in [-0.2, 0) is 9.53 Å². The molecule has 0 heterocycles. The van der Waals surface area contributed by atoms with Gasteiger partial charge in [0.25, 0.3) is 0 Å². The fourth-order valence-electron chi connectivity index (χ4n) is 1.87. The minimum absolute atomic E-state index is 0.173. The molecule has 0 unspecified atom stereocenters. The molecule has 0 fully saturated rings. The second-order valence-corrected chi connectivity index (χ2v) is 3.95. The van der Waals surface area contributed by atoms with E-state index < -0.39 is 0 Å². The zero-order chi connectivity index (χ0) is 12.1. The van der Waals surface area contributed by atoms with Gasteiger partial charge in [0.1, 0.15) is 0 Å². The molecule has 0 aliphatic heterocycles. The molecule has 1 rings (SSSR count). The first-order chi connectivity index (χ1) is 7.60. The summed E-state index contributed by atoms with van der Waals surface area (Å²) in [6.45, 7) is 4.06. The fourth-order valence-corrected chi connectivity index (χ4v) is 1.87. The number of anilines is 1. The van der Waals surface area contributed by atoms with E-state index in [1.165, 1.54) is 7.11 Å². The molecule has 88 valence electrons. The molecular formula is C13H19NO2. The van der Waals surface area contributed by atoms with Crippen LogP contribution in [0.2, 0.25) is 0 Å². The third kappa shape index (κ3) is 2.75. The van der Waals surface area contributed by atoms with Crippen molar-refractivity contribution in [1.29, 1.82) is 0 Å². The van der Waals surface area contributed by atoms with Crippen LogP contribution in [0.3, 0.4) is 0 Å². The van der Waals surface area contributed by atoms with Crippen LogP contribution in [0.25, 0.3) is 0 Å². The number of esters is 1. The minimum atomic E-state index is -0.173. The maximum absolute atomic E-state index is 11.3. The summed E-state index contributed by atoms with van der Waals surface area (Å²) in [5.74, 6) is 0.0182. The van der Waals surface area contributed by atoms with E-state index in [2.05, 4.69) is 6.92 Å². The lowest BCUT2D eigenvalue weighted by molar-refractivity contribution is -0.141. The second kappa shape index (κ2) is 5.54. The molecule has 0 amide bonds. The van der Waals surface area contributed by atoms with E-state index in [0.717, 1.165) is 23.2 Å². The first-order valence-electron chi connectivity index (χ1n) is 5.52. The summed E-state index contributed by atoms with van der Waals surface area (Å²) in [7, 11) is 1.42. The van der Waals surface area contributed by atoms with Crippen LogP contribution >= 0.6 is 0 Å². The van der Waals surface area contributed by atoms with E-state index >= 15 is 0 Å². The molecule has 0 saturated carbocycles. The number of nitrogens with two attached hydrogens (primary N) is 1. The largest absolute Gasteiger partial charge is 0.469 e. The van der Waals surface area contributed by atoms with E-state index in [9.17, 15) is 4.79 Å². The van der Waals surface area contributed by atoms with Gasteiger partial charge in [0, 0.05) is 5.69 Å². The lowest BCUT2D eigenvalue weighted by Crippen LogP contribution is -2.10. The van der Waals surface area contributed by atoms with Crippen LogP contribution in [0.4, 0.5) is 5.69 Å². The highest BCUT2D eigenvalue weighted by molar-refractivity contribution is 5.70. The molecule has 0 bridgehead atoms. The molecule has 0 aliphatic rings. The molecule has 0 aliphatic carbocycles. The minimum Gasteiger partial charge on any atom is -0.469 e. The standard InChI is InChI=1S/C13H19NO2/c1-4-10(8-13(15)16-3)11-6-5-7-12(14)9(11)2/h5-7,10H,4,8,14H2,1-3H3/t10-/m0/s1. The van der Waals surface area contributed by atoms with Crippen molar-refractivity contribution in [3.05, 3.63) is 29.3 Å². The maximum atomic E-state index is 11.3. The monoisotopic (exact) mass is 221 g/mol. The summed E-state index contributed by atoms with van der Waals surface area (Å²) in [4.78, 5) is 11.3. The van der Waals surface area contributed by atoms with Crippen molar-refractivity contribution in [2.45, 2.75) is 32.6 Å². The Balaban J connectivity index is 2.95. The van der Waals surface area contributed by atoms with Gasteiger partial charge in [-0.15, -0.1) is 0 Å². The SMILES string of the molecule is CC[C@@H](CC(=O)OC)c1cccc(N)c1C. The molecule has 1 aromatic rings. The van der Waals surface area contributed by atoms with E-state index in [4.69, 9.17) is 10.5 Å². The number of rotatable bonds is 4. The maximum Gasteiger partial charge on any atom is 0.306 e. The van der Waals surface area contributed by atoms with E-state index in [-0.39, 0.29) is 11.9 Å². The number of hydrogen-bond donors (Lipinski definition) is 1. The molecular weight excluding hydrogens is 202 g/mol. The second-order valence-electron chi connectivity index (χ2n) is 3.95. The summed E-state index contributed by atoms with van der Waals surface area (Å²) in [5, 5.41) is 0. The van der Waals surface area contributed by atoms with E-state index in [1.807, 2.05) is 25.1 Å². The van der Waals surface area contributed by atoms with Crippen LogP contribution in [0.1, 0.15) is 36.8 Å². The summed E-state index contributed by atoms with van der Waals surface area (Å²) in [6, 6.07) is 5.84. The number of hydrogen-bond acceptors (Lipinski definition) is 3. The summed E-state index contributed by atoms with van der Waals surface area (Å²) < 4.78 is 4.70. The van der Waals surface area contributed by atoms with Crippen LogP contribution in [-0.4, -0.2) is 13.1 Å². The number of ether oxygens (including phenoxy) is 1. The van der Waals surface area contributed by atoms with Gasteiger partial charge in [0.2, 0.25) is 0 Å². The van der Waals surface area contributed by atoms with Gasteiger partial charge in [0.05, 0.1) is 13.5 Å². The lowest BCUT2D eigenvalue weighted by atomic mass is 9.89. The summed E-state index contributed by atoms with van der Waals surface area (Å²) in [5.41, 5.74) is 8.85. The molecule has 1 atom stereocenters. The highest BCUT2D eigenvalue weighted by Crippen LogP contribution is 2.29. The van der Waals surface area contributed by atoms with Crippen molar-refractivity contribution in [2.24, 2.45) is 0 Å². The van der Waals surface area contributed by atoms with E-state index in [1.54, 1.807) is 0 Å². The Bertz CT molecular complexity index is 374. The first kappa shape index (κ1) is 12.6. The summed E-state index contributed by atoms with van der Waals surface area (Å²) >= 11 is 0. The number of carbonyl (C=O) groups is 1. The Kier molecular flexibility index (Phi) is 4.35. The Labute approximate surface area is 96.6 Å². The van der Waals surface area contributed by atoms with Gasteiger partial charge >= 0.3 is 5.97 Å². The van der Waals surface area contributed by atoms with Gasteiger partial charge in [-0.1, -0.05) is 19.1 Å². The van der Waals surface area contributed by atoms with Crippen molar-refractivity contribution >= 4 is 11.7 Å². The quantitative estimate of drug-likeness (QED) is 0.628. The summed E-state index contributed by atoms with van der Waals surface area (Å²) in [6.07, 6.45) is 1.32. The van der Waals surface area contributed by atoms with Crippen molar-refractivity contribution < 1.29 is 9.53 Å². The number of methoxy groups -OCH3 is 1. The molecule has 2 N–H and O–H groups in total. The van der Waals surface area contributed by atoms with Gasteiger partial charge < -0.3 is 10.5 Å². The van der Waals surface area contributed by atoms with Crippen molar-refractivity contribution in [2.75, 3.05) is 12.8 Å². The fraction of sp³-hybridized carbons (Fsp3) is 0.462. The van der Waals surface area contributed by atoms with Crippen molar-refractivity contribution in [1.82, 2.24) is 0 Å². The highest BCUT2D eigenvalue weighted by atomic mass is 16.5. The molecule has 3 heteroatoms. The molecule has 16 heavy (non-hydrogen) atoms. The molecule has 0 spiro atoms. The number of nitrogen functional groups attached to an aromatic ring is 1. The van der Waals surface area contributed by atoms with Crippen LogP contribution < -0.4 is 5.73 Å². The topological polar surface area (TPSA) is 52.3 Å². The Hall–Kier alpha value is -1.51. The Morgan fingerprint density at radius 1 is 1.50 bits per heavy atom. The normalized spacial score (nSPS) is 12.2. The molecule has 1 aromatic carbocycles. The third-order valence-corrected chi connectivity index (χ3v) is 2.99. The predicted molar refractivity (Wildman–Crippen MR) is 65.3 cm³/mol. The third-order valence-electron chi connectivity index (χ3n) is 2.99. The van der Waals surface area contributed by atoms with Gasteiger partial charge in [-0.3, -0.25) is 4.79 Å². The average molecular weight is 221 g/mol.